The molecule has 2 aromatic rings. The lowest BCUT2D eigenvalue weighted by Crippen LogP contribution is -2.27. The number of rotatable bonds is 6. The summed E-state index contributed by atoms with van der Waals surface area (Å²) in [5.41, 5.74) is 2.95. The largest absolute Gasteiger partial charge is 0.325 e. The van der Waals surface area contributed by atoms with E-state index in [0.717, 1.165) is 34.6 Å². The molecule has 1 fully saturated rings. The molecule has 1 saturated heterocycles. The van der Waals surface area contributed by atoms with Gasteiger partial charge in [0.05, 0.1) is 10.6 Å². The Bertz CT molecular complexity index is 919. The van der Waals surface area contributed by atoms with Crippen LogP contribution in [0.25, 0.3) is 0 Å². The molecule has 7 heteroatoms. The third kappa shape index (κ3) is 4.91. The Morgan fingerprint density at radius 2 is 1.74 bits per heavy atom. The molecule has 144 valence electrons. The summed E-state index contributed by atoms with van der Waals surface area (Å²) in [6, 6.07) is 12.7. The van der Waals surface area contributed by atoms with Gasteiger partial charge in [0.1, 0.15) is 0 Å². The van der Waals surface area contributed by atoms with Crippen LogP contribution in [-0.2, 0) is 14.8 Å². The molecule has 1 aliphatic rings. The van der Waals surface area contributed by atoms with Crippen LogP contribution >= 0.6 is 11.8 Å². The van der Waals surface area contributed by atoms with Crippen molar-refractivity contribution in [1.82, 2.24) is 4.31 Å². The zero-order valence-corrected chi connectivity index (χ0v) is 17.2. The lowest BCUT2D eigenvalue weighted by molar-refractivity contribution is -0.113. The van der Waals surface area contributed by atoms with E-state index in [1.807, 2.05) is 32.0 Å². The average Bonchev–Trinajstić information content (AvgIpc) is 3.19. The standard InChI is InChI=1S/C20H24N2O3S2/c1-15-5-6-16(2)19(13-15)21-20(23)14-26-17-7-9-18(10-8-17)27(24,25)22-11-3-4-12-22/h5-10,13H,3-4,11-12,14H2,1-2H3,(H,21,23). The number of nitrogens with zero attached hydrogens (tertiary/aromatic N) is 1. The molecule has 27 heavy (non-hydrogen) atoms. The van der Waals surface area contributed by atoms with Crippen molar-refractivity contribution >= 4 is 33.4 Å². The van der Waals surface area contributed by atoms with E-state index in [2.05, 4.69) is 5.32 Å². The number of anilines is 1. The fourth-order valence-electron chi connectivity index (χ4n) is 2.99. The van der Waals surface area contributed by atoms with Gasteiger partial charge in [0.25, 0.3) is 0 Å². The Morgan fingerprint density at radius 3 is 2.41 bits per heavy atom. The van der Waals surface area contributed by atoms with Crippen LogP contribution < -0.4 is 5.32 Å². The van der Waals surface area contributed by atoms with Crippen molar-refractivity contribution in [2.24, 2.45) is 0 Å². The van der Waals surface area contributed by atoms with E-state index in [9.17, 15) is 13.2 Å². The van der Waals surface area contributed by atoms with Crippen molar-refractivity contribution in [2.75, 3.05) is 24.2 Å². The monoisotopic (exact) mass is 404 g/mol. The molecule has 1 N–H and O–H groups in total. The second kappa shape index (κ2) is 8.46. The third-order valence-corrected chi connectivity index (χ3v) is 7.49. The first kappa shape index (κ1) is 19.9. The molecule has 0 atom stereocenters. The van der Waals surface area contributed by atoms with Gasteiger partial charge in [-0.15, -0.1) is 11.8 Å². The van der Waals surface area contributed by atoms with Gasteiger partial charge < -0.3 is 5.32 Å². The van der Waals surface area contributed by atoms with Crippen LogP contribution in [-0.4, -0.2) is 37.5 Å². The van der Waals surface area contributed by atoms with Gasteiger partial charge in [0, 0.05) is 23.7 Å². The molecule has 2 aromatic carbocycles. The van der Waals surface area contributed by atoms with Gasteiger partial charge in [0.15, 0.2) is 0 Å². The van der Waals surface area contributed by atoms with E-state index >= 15 is 0 Å². The predicted molar refractivity (Wildman–Crippen MR) is 110 cm³/mol. The van der Waals surface area contributed by atoms with Crippen molar-refractivity contribution < 1.29 is 13.2 Å². The van der Waals surface area contributed by atoms with Crippen molar-refractivity contribution in [3.63, 3.8) is 0 Å². The molecule has 5 nitrogen and oxygen atoms in total. The minimum atomic E-state index is -3.39. The van der Waals surface area contributed by atoms with Gasteiger partial charge in [-0.05, 0) is 68.1 Å². The van der Waals surface area contributed by atoms with Crippen LogP contribution in [0.2, 0.25) is 0 Å². The summed E-state index contributed by atoms with van der Waals surface area (Å²) in [5.74, 6) is 0.188. The van der Waals surface area contributed by atoms with Gasteiger partial charge in [-0.1, -0.05) is 12.1 Å². The molecule has 0 aromatic heterocycles. The first-order chi connectivity index (χ1) is 12.9. The summed E-state index contributed by atoms with van der Waals surface area (Å²) < 4.78 is 26.6. The van der Waals surface area contributed by atoms with Crippen LogP contribution in [0, 0.1) is 13.8 Å². The van der Waals surface area contributed by atoms with Crippen molar-refractivity contribution in [3.8, 4) is 0 Å². The molecule has 1 aliphatic heterocycles. The highest BCUT2D eigenvalue weighted by molar-refractivity contribution is 8.00. The number of nitrogens with one attached hydrogen (secondary N) is 1. The zero-order chi connectivity index (χ0) is 19.4. The Labute approximate surface area is 165 Å². The average molecular weight is 405 g/mol. The fourth-order valence-corrected chi connectivity index (χ4v) is 5.21. The predicted octanol–water partition coefficient (Wildman–Crippen LogP) is 3.82. The lowest BCUT2D eigenvalue weighted by atomic mass is 10.1. The van der Waals surface area contributed by atoms with E-state index in [-0.39, 0.29) is 11.7 Å². The van der Waals surface area contributed by atoms with Crippen LogP contribution in [0.1, 0.15) is 24.0 Å². The number of carbonyl (C=O) groups excluding carboxylic acids is 1. The second-order valence-corrected chi connectivity index (χ2v) is 9.72. The van der Waals surface area contributed by atoms with Crippen LogP contribution in [0.3, 0.4) is 0 Å². The number of amides is 1. The molecule has 1 amide bonds. The number of hydrogen-bond donors (Lipinski definition) is 1. The Kier molecular flexibility index (Phi) is 6.24. The summed E-state index contributed by atoms with van der Waals surface area (Å²) in [7, 11) is -3.39. The molecular weight excluding hydrogens is 380 g/mol. The summed E-state index contributed by atoms with van der Waals surface area (Å²) >= 11 is 1.39. The first-order valence-electron chi connectivity index (χ1n) is 8.96. The molecular formula is C20H24N2O3S2. The maximum Gasteiger partial charge on any atom is 0.243 e. The highest BCUT2D eigenvalue weighted by atomic mass is 32.2. The lowest BCUT2D eigenvalue weighted by Gasteiger charge is -2.15. The molecule has 0 unspecified atom stereocenters. The number of thioether (sulfide) groups is 1. The van der Waals surface area contributed by atoms with Crippen LogP contribution in [0.4, 0.5) is 5.69 Å². The minimum Gasteiger partial charge on any atom is -0.325 e. The number of carbonyl (C=O) groups is 1. The van der Waals surface area contributed by atoms with Gasteiger partial charge in [-0.2, -0.15) is 4.31 Å². The first-order valence-corrected chi connectivity index (χ1v) is 11.4. The number of hydrogen-bond acceptors (Lipinski definition) is 4. The maximum absolute atomic E-state index is 12.5. The molecule has 3 rings (SSSR count). The number of benzene rings is 2. The van der Waals surface area contributed by atoms with Crippen LogP contribution in [0.5, 0.6) is 0 Å². The van der Waals surface area contributed by atoms with Gasteiger partial charge >= 0.3 is 0 Å². The van der Waals surface area contributed by atoms with E-state index in [1.54, 1.807) is 24.3 Å². The van der Waals surface area contributed by atoms with Crippen LogP contribution in [0.15, 0.2) is 52.3 Å². The molecule has 0 saturated carbocycles. The maximum atomic E-state index is 12.5. The van der Waals surface area contributed by atoms with E-state index in [1.165, 1.54) is 16.1 Å². The summed E-state index contributed by atoms with van der Waals surface area (Å²) in [5, 5.41) is 2.93. The molecule has 0 spiro atoms. The van der Waals surface area contributed by atoms with Gasteiger partial charge in [-0.25, -0.2) is 8.42 Å². The summed E-state index contributed by atoms with van der Waals surface area (Å²) in [6.07, 6.45) is 1.84. The van der Waals surface area contributed by atoms with Crippen molar-refractivity contribution in [3.05, 3.63) is 53.6 Å². The van der Waals surface area contributed by atoms with Crippen molar-refractivity contribution in [1.29, 1.82) is 0 Å². The number of sulfonamides is 1. The quantitative estimate of drug-likeness (QED) is 0.744. The highest BCUT2D eigenvalue weighted by Gasteiger charge is 2.26. The Morgan fingerprint density at radius 1 is 1.07 bits per heavy atom. The third-order valence-electron chi connectivity index (χ3n) is 4.56. The van der Waals surface area contributed by atoms with E-state index in [4.69, 9.17) is 0 Å². The zero-order valence-electron chi connectivity index (χ0n) is 15.6. The van der Waals surface area contributed by atoms with Gasteiger partial charge in [0.2, 0.25) is 15.9 Å². The number of aryl methyl sites for hydroxylation is 2. The Balaban J connectivity index is 1.58. The molecule has 0 radical (unpaired) electrons. The minimum absolute atomic E-state index is 0.0811. The Hall–Kier alpha value is -1.83. The topological polar surface area (TPSA) is 66.5 Å². The summed E-state index contributed by atoms with van der Waals surface area (Å²) in [6.45, 7) is 5.14. The normalized spacial score (nSPS) is 15.0. The SMILES string of the molecule is Cc1ccc(C)c(NC(=O)CSc2ccc(S(=O)(=O)N3CCCC3)cc2)c1. The smallest absolute Gasteiger partial charge is 0.243 e. The van der Waals surface area contributed by atoms with Gasteiger partial charge in [-0.3, -0.25) is 4.79 Å². The highest BCUT2D eigenvalue weighted by Crippen LogP contribution is 2.25. The molecule has 0 aliphatic carbocycles. The second-order valence-electron chi connectivity index (χ2n) is 6.74. The van der Waals surface area contributed by atoms with E-state index < -0.39 is 10.0 Å². The summed E-state index contributed by atoms with van der Waals surface area (Å²) in [4.78, 5) is 13.4. The molecule has 0 bridgehead atoms. The van der Waals surface area contributed by atoms with Crippen molar-refractivity contribution in [2.45, 2.75) is 36.5 Å². The molecule has 1 heterocycles. The van der Waals surface area contributed by atoms with E-state index in [0.29, 0.717) is 18.0 Å². The fraction of sp³-hybridized carbons (Fsp3) is 0.350.